The van der Waals surface area contributed by atoms with Gasteiger partial charge in [0.15, 0.2) is 0 Å². The normalized spacial score (nSPS) is 14.3. The molecular formula is C14H22ClNO3. The third kappa shape index (κ3) is 6.89. The molecule has 0 saturated heterocycles. The molecule has 1 aromatic carbocycles. The Morgan fingerprint density at radius 1 is 1.32 bits per heavy atom. The molecule has 0 aliphatic carbocycles. The van der Waals surface area contributed by atoms with Gasteiger partial charge < -0.3 is 20.3 Å². The number of aliphatic hydroxyl groups excluding tert-OH is 2. The van der Waals surface area contributed by atoms with E-state index in [9.17, 15) is 5.11 Å². The largest absolute Gasteiger partial charge is 0.396 e. The van der Waals surface area contributed by atoms with Crippen molar-refractivity contribution in [3.8, 4) is 0 Å². The van der Waals surface area contributed by atoms with Gasteiger partial charge in [0.1, 0.15) is 0 Å². The van der Waals surface area contributed by atoms with Crippen LogP contribution in [0.5, 0.6) is 0 Å². The van der Waals surface area contributed by atoms with Crippen molar-refractivity contribution in [1.29, 1.82) is 0 Å². The number of halogens is 1. The van der Waals surface area contributed by atoms with E-state index in [1.807, 2.05) is 31.2 Å². The topological polar surface area (TPSA) is 61.7 Å². The first-order valence-electron chi connectivity index (χ1n) is 6.50. The average Bonchev–Trinajstić information content (AvgIpc) is 2.42. The lowest BCUT2D eigenvalue weighted by Crippen LogP contribution is -2.31. The van der Waals surface area contributed by atoms with E-state index in [4.69, 9.17) is 21.4 Å². The number of benzene rings is 1. The molecule has 0 heterocycles. The number of hydrogen-bond donors (Lipinski definition) is 3. The Balaban J connectivity index is 2.22. The summed E-state index contributed by atoms with van der Waals surface area (Å²) in [5.41, 5.74) is 1.03. The highest BCUT2D eigenvalue weighted by molar-refractivity contribution is 6.30. The van der Waals surface area contributed by atoms with Crippen molar-refractivity contribution in [3.05, 3.63) is 34.9 Å². The lowest BCUT2D eigenvalue weighted by atomic mass is 10.1. The summed E-state index contributed by atoms with van der Waals surface area (Å²) in [6, 6.07) is 7.48. The van der Waals surface area contributed by atoms with Crippen LogP contribution in [0.15, 0.2) is 24.3 Å². The van der Waals surface area contributed by atoms with Crippen LogP contribution in [-0.4, -0.2) is 42.6 Å². The molecule has 1 aromatic rings. The van der Waals surface area contributed by atoms with Crippen LogP contribution in [0.3, 0.4) is 0 Å². The molecule has 19 heavy (non-hydrogen) atoms. The van der Waals surface area contributed by atoms with Crippen LogP contribution in [0, 0.1) is 0 Å². The van der Waals surface area contributed by atoms with Crippen LogP contribution in [0.1, 0.15) is 25.0 Å². The smallest absolute Gasteiger partial charge is 0.0897 e. The zero-order chi connectivity index (χ0) is 14.1. The molecule has 0 radical (unpaired) electrons. The fraction of sp³-hybridized carbons (Fsp3) is 0.571. The predicted molar refractivity (Wildman–Crippen MR) is 76.4 cm³/mol. The van der Waals surface area contributed by atoms with E-state index in [1.165, 1.54) is 0 Å². The van der Waals surface area contributed by atoms with Crippen molar-refractivity contribution < 1.29 is 14.9 Å². The van der Waals surface area contributed by atoms with Crippen LogP contribution in [0.25, 0.3) is 0 Å². The van der Waals surface area contributed by atoms with Gasteiger partial charge in [0.05, 0.1) is 18.8 Å². The number of hydrogen-bond acceptors (Lipinski definition) is 4. The van der Waals surface area contributed by atoms with E-state index in [-0.39, 0.29) is 19.3 Å². The van der Waals surface area contributed by atoms with Gasteiger partial charge in [0.2, 0.25) is 0 Å². The van der Waals surface area contributed by atoms with Gasteiger partial charge in [-0.15, -0.1) is 0 Å². The van der Waals surface area contributed by atoms with Crippen LogP contribution < -0.4 is 5.32 Å². The molecule has 1 rings (SSSR count). The molecule has 4 nitrogen and oxygen atoms in total. The van der Waals surface area contributed by atoms with Crippen molar-refractivity contribution >= 4 is 11.6 Å². The van der Waals surface area contributed by atoms with E-state index >= 15 is 0 Å². The highest BCUT2D eigenvalue weighted by Crippen LogP contribution is 2.19. The molecule has 0 unspecified atom stereocenters. The fourth-order valence-corrected chi connectivity index (χ4v) is 1.74. The van der Waals surface area contributed by atoms with Gasteiger partial charge >= 0.3 is 0 Å². The second-order valence-corrected chi connectivity index (χ2v) is 4.90. The van der Waals surface area contributed by atoms with Crippen molar-refractivity contribution in [2.75, 3.05) is 26.3 Å². The molecule has 0 fully saturated rings. The standard InChI is InChI=1S/C14H22ClNO3/c1-11(12-3-5-13(15)6-4-12)19-10-14(18)9-16-7-2-8-17/h3-6,11,14,16-18H,2,7-10H2,1H3/t11-,14-/m0/s1. The second kappa shape index (κ2) is 9.28. The highest BCUT2D eigenvalue weighted by Gasteiger charge is 2.09. The minimum atomic E-state index is -0.548. The maximum atomic E-state index is 9.72. The average molecular weight is 288 g/mol. The molecule has 0 aliphatic heterocycles. The SMILES string of the molecule is C[C@H](OC[C@@H](O)CNCCCO)c1ccc(Cl)cc1. The van der Waals surface area contributed by atoms with Crippen LogP contribution in [-0.2, 0) is 4.74 Å². The number of aliphatic hydroxyl groups is 2. The maximum Gasteiger partial charge on any atom is 0.0897 e. The van der Waals surface area contributed by atoms with Crippen molar-refractivity contribution in [2.45, 2.75) is 25.6 Å². The molecule has 0 bridgehead atoms. The third-order valence-corrected chi connectivity index (χ3v) is 3.02. The quantitative estimate of drug-likeness (QED) is 0.606. The molecule has 0 aliphatic rings. The Kier molecular flexibility index (Phi) is 8.02. The summed E-state index contributed by atoms with van der Waals surface area (Å²) in [7, 11) is 0. The van der Waals surface area contributed by atoms with Gasteiger partial charge in [0.25, 0.3) is 0 Å². The molecular weight excluding hydrogens is 266 g/mol. The molecule has 0 saturated carbocycles. The summed E-state index contributed by atoms with van der Waals surface area (Å²) in [5, 5.41) is 22.1. The first-order chi connectivity index (χ1) is 9.13. The van der Waals surface area contributed by atoms with E-state index in [1.54, 1.807) is 0 Å². The summed E-state index contributed by atoms with van der Waals surface area (Å²) < 4.78 is 5.60. The third-order valence-electron chi connectivity index (χ3n) is 2.77. The summed E-state index contributed by atoms with van der Waals surface area (Å²) in [6.07, 6.45) is 0.0622. The molecule has 5 heteroatoms. The minimum absolute atomic E-state index is 0.0793. The second-order valence-electron chi connectivity index (χ2n) is 4.46. The summed E-state index contributed by atoms with van der Waals surface area (Å²) >= 11 is 5.82. The molecule has 3 N–H and O–H groups in total. The number of rotatable bonds is 9. The molecule has 108 valence electrons. The highest BCUT2D eigenvalue weighted by atomic mass is 35.5. The first-order valence-corrected chi connectivity index (χ1v) is 6.88. The van der Waals surface area contributed by atoms with E-state index in [0.29, 0.717) is 24.5 Å². The predicted octanol–water partition coefficient (Wildman–Crippen LogP) is 1.75. The van der Waals surface area contributed by atoms with Crippen molar-refractivity contribution in [3.63, 3.8) is 0 Å². The zero-order valence-corrected chi connectivity index (χ0v) is 11.9. The molecule has 0 aromatic heterocycles. The van der Waals surface area contributed by atoms with Crippen LogP contribution in [0.4, 0.5) is 0 Å². The van der Waals surface area contributed by atoms with E-state index < -0.39 is 6.10 Å². The fourth-order valence-electron chi connectivity index (χ4n) is 1.62. The van der Waals surface area contributed by atoms with Gasteiger partial charge in [-0.25, -0.2) is 0 Å². The van der Waals surface area contributed by atoms with Crippen LogP contribution in [0.2, 0.25) is 5.02 Å². The van der Waals surface area contributed by atoms with Gasteiger partial charge in [0, 0.05) is 18.2 Å². The first kappa shape index (κ1) is 16.4. The lowest BCUT2D eigenvalue weighted by Gasteiger charge is -2.17. The van der Waals surface area contributed by atoms with Gasteiger partial charge in [-0.3, -0.25) is 0 Å². The minimum Gasteiger partial charge on any atom is -0.396 e. The Labute approximate surface area is 119 Å². The van der Waals surface area contributed by atoms with E-state index in [0.717, 1.165) is 5.56 Å². The lowest BCUT2D eigenvalue weighted by molar-refractivity contribution is -0.00203. The Hall–Kier alpha value is -0.650. The zero-order valence-electron chi connectivity index (χ0n) is 11.2. The summed E-state index contributed by atoms with van der Waals surface area (Å²) in [5.74, 6) is 0. The Bertz CT molecular complexity index is 345. The van der Waals surface area contributed by atoms with Crippen molar-refractivity contribution in [2.24, 2.45) is 0 Å². The van der Waals surface area contributed by atoms with Gasteiger partial charge in [-0.1, -0.05) is 23.7 Å². The monoisotopic (exact) mass is 287 g/mol. The van der Waals surface area contributed by atoms with Crippen molar-refractivity contribution in [1.82, 2.24) is 5.32 Å². The summed E-state index contributed by atoms with van der Waals surface area (Å²) in [6.45, 7) is 3.53. The molecule has 2 atom stereocenters. The summed E-state index contributed by atoms with van der Waals surface area (Å²) in [4.78, 5) is 0. The Morgan fingerprint density at radius 3 is 2.63 bits per heavy atom. The molecule has 0 amide bonds. The maximum absolute atomic E-state index is 9.72. The Morgan fingerprint density at radius 2 is 2.00 bits per heavy atom. The molecule has 0 spiro atoms. The van der Waals surface area contributed by atoms with Crippen LogP contribution >= 0.6 is 11.6 Å². The van der Waals surface area contributed by atoms with Gasteiger partial charge in [-0.2, -0.15) is 0 Å². The number of nitrogens with one attached hydrogen (secondary N) is 1. The number of ether oxygens (including phenoxy) is 1. The van der Waals surface area contributed by atoms with Gasteiger partial charge in [-0.05, 0) is 37.6 Å². The van der Waals surface area contributed by atoms with E-state index in [2.05, 4.69) is 5.32 Å².